The van der Waals surface area contributed by atoms with Gasteiger partial charge < -0.3 is 37.9 Å². The SMILES string of the molecule is COCOc1ccc(/C=C/C(=O)c2cc(OCOC)c(OCOC)c(OCOC)c2)c(Cl)c1. The Morgan fingerprint density at radius 1 is 0.788 bits per heavy atom. The van der Waals surface area contributed by atoms with E-state index < -0.39 is 0 Å². The van der Waals surface area contributed by atoms with Gasteiger partial charge in [-0.1, -0.05) is 11.6 Å². The van der Waals surface area contributed by atoms with Crippen LogP contribution in [-0.4, -0.2) is 61.4 Å². The molecule has 2 aromatic rings. The van der Waals surface area contributed by atoms with Gasteiger partial charge in [0.1, 0.15) is 5.75 Å². The van der Waals surface area contributed by atoms with Crippen LogP contribution in [0.4, 0.5) is 0 Å². The van der Waals surface area contributed by atoms with Gasteiger partial charge in [-0.2, -0.15) is 0 Å². The maximum atomic E-state index is 12.9. The molecule has 180 valence electrons. The van der Waals surface area contributed by atoms with Crippen molar-refractivity contribution in [2.75, 3.05) is 55.6 Å². The van der Waals surface area contributed by atoms with Crippen LogP contribution in [0.25, 0.3) is 6.08 Å². The van der Waals surface area contributed by atoms with Gasteiger partial charge >= 0.3 is 0 Å². The highest BCUT2D eigenvalue weighted by molar-refractivity contribution is 6.32. The molecule has 0 aliphatic rings. The lowest BCUT2D eigenvalue weighted by molar-refractivity contribution is 0.0217. The predicted molar refractivity (Wildman–Crippen MR) is 121 cm³/mol. The smallest absolute Gasteiger partial charge is 0.206 e. The number of hydrogen-bond acceptors (Lipinski definition) is 9. The Bertz CT molecular complexity index is 901. The van der Waals surface area contributed by atoms with E-state index in [1.807, 2.05) is 0 Å². The predicted octanol–water partition coefficient (Wildman–Crippen LogP) is 4.17. The number of methoxy groups -OCH3 is 4. The summed E-state index contributed by atoms with van der Waals surface area (Å²) in [6.07, 6.45) is 2.99. The van der Waals surface area contributed by atoms with Crippen LogP contribution >= 0.6 is 11.6 Å². The first-order chi connectivity index (χ1) is 16.0. The maximum Gasteiger partial charge on any atom is 0.206 e. The van der Waals surface area contributed by atoms with Crippen molar-refractivity contribution < 1.29 is 42.7 Å². The zero-order chi connectivity index (χ0) is 24.1. The monoisotopic (exact) mass is 482 g/mol. The minimum Gasteiger partial charge on any atom is -0.468 e. The standard InChI is InChI=1S/C23H27ClO9/c1-26-12-30-18-7-5-16(19(24)11-18)6-8-20(25)17-9-21(31-13-27-2)23(33-15-29-4)22(10-17)32-14-28-3/h5-11H,12-15H2,1-4H3/b8-6+. The first-order valence-electron chi connectivity index (χ1n) is 9.71. The molecule has 0 saturated heterocycles. The van der Waals surface area contributed by atoms with Crippen molar-refractivity contribution in [1.29, 1.82) is 0 Å². The van der Waals surface area contributed by atoms with E-state index in [9.17, 15) is 4.79 Å². The summed E-state index contributed by atoms with van der Waals surface area (Å²) in [7, 11) is 5.96. The molecular formula is C23H27ClO9. The van der Waals surface area contributed by atoms with Gasteiger partial charge in [0.15, 0.2) is 44.5 Å². The van der Waals surface area contributed by atoms with Crippen molar-refractivity contribution in [2.24, 2.45) is 0 Å². The lowest BCUT2D eigenvalue weighted by Crippen LogP contribution is -2.09. The first-order valence-corrected chi connectivity index (χ1v) is 10.1. The highest BCUT2D eigenvalue weighted by atomic mass is 35.5. The lowest BCUT2D eigenvalue weighted by atomic mass is 10.1. The van der Waals surface area contributed by atoms with Crippen LogP contribution in [-0.2, 0) is 18.9 Å². The number of carbonyl (C=O) groups excluding carboxylic acids is 1. The average Bonchev–Trinajstić information content (AvgIpc) is 2.82. The third-order valence-electron chi connectivity index (χ3n) is 4.02. The van der Waals surface area contributed by atoms with Crippen LogP contribution in [0.3, 0.4) is 0 Å². The normalized spacial score (nSPS) is 10.9. The number of carbonyl (C=O) groups is 1. The molecule has 0 aliphatic heterocycles. The molecule has 0 atom stereocenters. The Labute approximate surface area is 197 Å². The summed E-state index contributed by atoms with van der Waals surface area (Å²) < 4.78 is 41.9. The van der Waals surface area contributed by atoms with Crippen molar-refractivity contribution in [2.45, 2.75) is 0 Å². The minimum atomic E-state index is -0.311. The fraction of sp³-hybridized carbons (Fsp3) is 0.348. The number of halogens is 1. The number of ether oxygens (including phenoxy) is 8. The summed E-state index contributed by atoms with van der Waals surface area (Å²) in [5.74, 6) is 0.987. The van der Waals surface area contributed by atoms with Crippen molar-refractivity contribution in [3.63, 3.8) is 0 Å². The molecule has 0 N–H and O–H groups in total. The topological polar surface area (TPSA) is 90.9 Å². The van der Waals surface area contributed by atoms with Crippen molar-refractivity contribution in [3.8, 4) is 23.0 Å². The van der Waals surface area contributed by atoms with E-state index in [0.29, 0.717) is 21.9 Å². The fourth-order valence-corrected chi connectivity index (χ4v) is 2.79. The number of hydrogen-bond donors (Lipinski definition) is 0. The summed E-state index contributed by atoms with van der Waals surface area (Å²) in [5.41, 5.74) is 0.936. The van der Waals surface area contributed by atoms with E-state index in [4.69, 9.17) is 49.5 Å². The van der Waals surface area contributed by atoms with Gasteiger partial charge in [-0.15, -0.1) is 0 Å². The molecule has 9 nitrogen and oxygen atoms in total. The summed E-state index contributed by atoms with van der Waals surface area (Å²) in [5, 5.41) is 0.421. The molecule has 10 heteroatoms. The molecule has 0 bridgehead atoms. The Hall–Kier alpha value is -2.82. The van der Waals surface area contributed by atoms with Gasteiger partial charge in [-0.3, -0.25) is 4.79 Å². The van der Waals surface area contributed by atoms with Crippen molar-refractivity contribution in [3.05, 3.63) is 52.6 Å². The molecule has 2 aromatic carbocycles. The minimum absolute atomic E-state index is 0.0531. The number of rotatable bonds is 15. The maximum absolute atomic E-state index is 12.9. The van der Waals surface area contributed by atoms with Crippen molar-refractivity contribution >= 4 is 23.5 Å². The molecule has 0 amide bonds. The van der Waals surface area contributed by atoms with Gasteiger partial charge in [0.25, 0.3) is 0 Å². The van der Waals surface area contributed by atoms with Crippen LogP contribution in [0.2, 0.25) is 5.02 Å². The quantitative estimate of drug-likeness (QED) is 0.211. The molecular weight excluding hydrogens is 456 g/mol. The van der Waals surface area contributed by atoms with E-state index >= 15 is 0 Å². The second-order valence-electron chi connectivity index (χ2n) is 6.39. The van der Waals surface area contributed by atoms with Gasteiger partial charge in [0.2, 0.25) is 5.75 Å². The second kappa shape index (κ2) is 14.4. The molecule has 0 aromatic heterocycles. The van der Waals surface area contributed by atoms with Gasteiger partial charge in [-0.25, -0.2) is 0 Å². The van der Waals surface area contributed by atoms with Gasteiger partial charge in [-0.05, 0) is 48.0 Å². The van der Waals surface area contributed by atoms with E-state index in [0.717, 1.165) is 0 Å². The van der Waals surface area contributed by atoms with Gasteiger partial charge in [0.05, 0.1) is 5.02 Å². The summed E-state index contributed by atoms with van der Waals surface area (Å²) in [4.78, 5) is 12.9. The Morgan fingerprint density at radius 2 is 1.33 bits per heavy atom. The number of allylic oxidation sites excluding steroid dienone is 1. The Kier molecular flexibility index (Phi) is 11.5. The molecule has 2 rings (SSSR count). The zero-order valence-electron chi connectivity index (χ0n) is 18.9. The van der Waals surface area contributed by atoms with Crippen LogP contribution in [0.5, 0.6) is 23.0 Å². The van der Waals surface area contributed by atoms with Crippen LogP contribution in [0.15, 0.2) is 36.4 Å². The van der Waals surface area contributed by atoms with E-state index in [1.165, 1.54) is 46.6 Å². The highest BCUT2D eigenvalue weighted by Gasteiger charge is 2.18. The van der Waals surface area contributed by atoms with E-state index in [-0.39, 0.29) is 50.2 Å². The van der Waals surface area contributed by atoms with Crippen molar-refractivity contribution in [1.82, 2.24) is 0 Å². The molecule has 0 fully saturated rings. The van der Waals surface area contributed by atoms with E-state index in [2.05, 4.69) is 0 Å². The Morgan fingerprint density at radius 3 is 1.88 bits per heavy atom. The number of ketones is 1. The molecule has 0 unspecified atom stereocenters. The largest absolute Gasteiger partial charge is 0.468 e. The first kappa shape index (κ1) is 26.4. The summed E-state index contributed by atoms with van der Waals surface area (Å²) in [6, 6.07) is 8.16. The zero-order valence-corrected chi connectivity index (χ0v) is 19.7. The van der Waals surface area contributed by atoms with Crippen LogP contribution < -0.4 is 18.9 Å². The number of benzene rings is 2. The molecule has 0 radical (unpaired) electrons. The Balaban J connectivity index is 2.32. The molecule has 0 heterocycles. The summed E-state index contributed by atoms with van der Waals surface area (Å²) in [6.45, 7) is -0.0706. The molecule has 0 saturated carbocycles. The van der Waals surface area contributed by atoms with Gasteiger partial charge in [0, 0.05) is 34.0 Å². The molecule has 0 spiro atoms. The fourth-order valence-electron chi connectivity index (χ4n) is 2.56. The summed E-state index contributed by atoms with van der Waals surface area (Å²) >= 11 is 6.29. The van der Waals surface area contributed by atoms with Crippen LogP contribution in [0, 0.1) is 0 Å². The lowest BCUT2D eigenvalue weighted by Gasteiger charge is -2.17. The molecule has 33 heavy (non-hydrogen) atoms. The van der Waals surface area contributed by atoms with Crippen LogP contribution in [0.1, 0.15) is 15.9 Å². The second-order valence-corrected chi connectivity index (χ2v) is 6.79. The third kappa shape index (κ3) is 8.23. The highest BCUT2D eigenvalue weighted by Crippen LogP contribution is 2.39. The van der Waals surface area contributed by atoms with E-state index in [1.54, 1.807) is 24.3 Å². The molecule has 0 aliphatic carbocycles. The average molecular weight is 483 g/mol. The third-order valence-corrected chi connectivity index (χ3v) is 4.35.